The maximum Gasteiger partial charge on any atom is 0.339 e. The second-order valence-electron chi connectivity index (χ2n) is 25.5. The van der Waals surface area contributed by atoms with Crippen LogP contribution in [0.5, 0.6) is 0 Å². The van der Waals surface area contributed by atoms with Crippen LogP contribution in [0.2, 0.25) is 5.02 Å². The molecule has 2 amide bonds. The number of benzene rings is 4. The van der Waals surface area contributed by atoms with E-state index in [1.165, 1.54) is 0 Å². The molecule has 4 aromatic carbocycles. The molecule has 0 unspecified atom stereocenters. The van der Waals surface area contributed by atoms with Crippen molar-refractivity contribution in [1.29, 1.82) is 0 Å². The number of carbonyl (C=O) groups excluding carboxylic acids is 4. The molecule has 2 saturated heterocycles. The van der Waals surface area contributed by atoms with Crippen LogP contribution in [-0.4, -0.2) is 137 Å². The van der Waals surface area contributed by atoms with Crippen molar-refractivity contribution in [2.24, 2.45) is 37.8 Å². The topological polar surface area (TPSA) is 231 Å². The molecule has 4 heterocycles. The van der Waals surface area contributed by atoms with Crippen molar-refractivity contribution in [3.63, 3.8) is 0 Å². The molecule has 6 aromatic rings. The second kappa shape index (κ2) is 36.5. The van der Waals surface area contributed by atoms with E-state index in [1.54, 1.807) is 30.3 Å². The van der Waals surface area contributed by atoms with E-state index in [0.717, 1.165) is 81.1 Å². The van der Waals surface area contributed by atoms with Gasteiger partial charge in [0, 0.05) is 73.1 Å². The molecule has 2 aliphatic carbocycles. The molecule has 10 rings (SSSR count). The predicted octanol–water partition coefficient (Wildman–Crippen LogP) is 17.1. The maximum absolute atomic E-state index is 13.5. The van der Waals surface area contributed by atoms with Crippen LogP contribution in [0.15, 0.2) is 101 Å². The zero-order valence-electron chi connectivity index (χ0n) is 55.3. The van der Waals surface area contributed by atoms with E-state index in [2.05, 4.69) is 101 Å². The van der Waals surface area contributed by atoms with Gasteiger partial charge >= 0.3 is 64.8 Å². The van der Waals surface area contributed by atoms with E-state index in [9.17, 15) is 40.6 Å². The Morgan fingerprint density at radius 1 is 0.602 bits per heavy atom. The largest absolute Gasteiger partial charge is 0.339 e. The van der Waals surface area contributed by atoms with Gasteiger partial charge in [0.15, 0.2) is 0 Å². The van der Waals surface area contributed by atoms with Gasteiger partial charge in [-0.1, -0.05) is 93.9 Å². The minimum atomic E-state index is -3.78. The average molecular weight is 1620 g/mol. The number of ether oxygens (including phenoxy) is 4. The van der Waals surface area contributed by atoms with Gasteiger partial charge in [0.1, 0.15) is 0 Å². The third kappa shape index (κ3) is 24.5. The molecule has 2 atom stereocenters. The molecule has 4 fully saturated rings. The summed E-state index contributed by atoms with van der Waals surface area (Å²) in [5, 5.41) is -0.914. The maximum atomic E-state index is 13.5. The van der Waals surface area contributed by atoms with Crippen LogP contribution < -0.4 is 9.44 Å². The number of morpholine rings is 2. The first-order valence-corrected chi connectivity index (χ1v) is 46.8. The summed E-state index contributed by atoms with van der Waals surface area (Å²) in [6.07, 6.45) is 8.33. The smallest absolute Gasteiger partial charge is 0.271 e. The molecule has 98 heavy (non-hydrogen) atoms. The molecule has 4 aliphatic rings. The van der Waals surface area contributed by atoms with Crippen LogP contribution in [0.3, 0.4) is 0 Å². The Hall–Kier alpha value is -3.15. The van der Waals surface area contributed by atoms with Crippen molar-refractivity contribution >= 4 is 177 Å². The van der Waals surface area contributed by atoms with E-state index in [0.29, 0.717) is 134 Å². The number of hydrogen-bond acceptors (Lipinski definition) is 13. The fourth-order valence-corrected chi connectivity index (χ4v) is 16.0. The summed E-state index contributed by atoms with van der Waals surface area (Å²) in [6.45, 7) is 13.7. The van der Waals surface area contributed by atoms with Crippen molar-refractivity contribution in [2.75, 3.05) is 52.7 Å². The van der Waals surface area contributed by atoms with Crippen LogP contribution >= 0.6 is 110 Å². The number of fused-ring (bicyclic) bond motifs is 2. The first kappa shape index (κ1) is 82.1. The van der Waals surface area contributed by atoms with Crippen LogP contribution in [0.25, 0.3) is 44.3 Å². The van der Waals surface area contributed by atoms with Gasteiger partial charge in [-0.25, -0.2) is 26.3 Å². The Kier molecular flexibility index (Phi) is 30.6. The van der Waals surface area contributed by atoms with Crippen molar-refractivity contribution in [3.8, 4) is 22.5 Å². The standard InChI is InChI=1S/C33H42ClN3O6S.C33H43N3O6S.Cl5P.Cl3OP/c1-22(2)30-20-42-18-16-37(30)33(39)25-10-12-26(13-11-25)35-44(40,41)27-14-15-28-29(19-27)36(3)32(31(28)34)24-8-6-23(7-9-24)5-4-17-43-21-38;1-23(2)32-21-41-18-16-36(32)33(38)26-10-13-28(14-11-26)34-43(39,40)29-15-12-27-19-30(35(3)31(27)20-29)25-8-6-24(7-9-25)5-4-17-42-22-37;1-6(2,3,4)5;1-5(2,3)4/h6-9,14-15,19,21-22,25-26,30,35H,4-5,10-13,16-18,20H2,1-3H3;6-9,12,15,19-20,22-23,26,28,32,34H,4-5,10-11,13-14,16-18,21H2,1-3H3;;/t25?,26?,30-;26?,28?,32-;;/m11../s1. The van der Waals surface area contributed by atoms with Crippen molar-refractivity contribution in [3.05, 3.63) is 107 Å². The van der Waals surface area contributed by atoms with Gasteiger partial charge in [-0.3, -0.25) is 23.7 Å². The van der Waals surface area contributed by atoms with Gasteiger partial charge in [-0.05, 0) is 181 Å². The number of carbonyl (C=O) groups is 4. The average Bonchev–Trinajstić information content (AvgIpc) is 1.60. The van der Waals surface area contributed by atoms with Gasteiger partial charge in [-0.2, -0.15) is 0 Å². The summed E-state index contributed by atoms with van der Waals surface area (Å²) in [4.78, 5) is 51.8. The van der Waals surface area contributed by atoms with Gasteiger partial charge < -0.3 is 37.9 Å². The number of sulfonamides is 2. The van der Waals surface area contributed by atoms with E-state index in [1.807, 2.05) is 63.4 Å². The molecule has 19 nitrogen and oxygen atoms in total. The Morgan fingerprint density at radius 3 is 1.41 bits per heavy atom. The zero-order valence-corrected chi connectivity index (χ0v) is 65.5. The van der Waals surface area contributed by atoms with E-state index >= 15 is 0 Å². The Bertz CT molecular complexity index is 3950. The molecular weight excluding hydrogens is 1530 g/mol. The van der Waals surface area contributed by atoms with Gasteiger partial charge in [0.05, 0.1) is 77.7 Å². The Morgan fingerprint density at radius 2 is 1.00 bits per heavy atom. The number of nitrogens with zero attached hydrogens (tertiary/aromatic N) is 4. The van der Waals surface area contributed by atoms with Crippen molar-refractivity contribution in [2.45, 2.75) is 139 Å². The predicted molar refractivity (Wildman–Crippen MR) is 398 cm³/mol. The second-order valence-corrected chi connectivity index (χ2v) is 52.5. The summed E-state index contributed by atoms with van der Waals surface area (Å²) in [6, 6.07) is 28.5. The minimum Gasteiger partial charge on any atom is -0.271 e. The van der Waals surface area contributed by atoms with Gasteiger partial charge in [-0.15, -0.1) is 0 Å². The molecule has 32 heteroatoms. The molecule has 542 valence electrons. The molecule has 0 spiro atoms. The fourth-order valence-electron chi connectivity index (χ4n) is 13.0. The Balaban J connectivity index is 0.000000239. The van der Waals surface area contributed by atoms with Crippen LogP contribution in [0.4, 0.5) is 0 Å². The van der Waals surface area contributed by atoms with Gasteiger partial charge in [0.2, 0.25) is 31.9 Å². The van der Waals surface area contributed by atoms with Crippen molar-refractivity contribution < 1.29 is 59.5 Å². The summed E-state index contributed by atoms with van der Waals surface area (Å²) in [5.74, 6) is 0.866. The quantitative estimate of drug-likeness (QED) is 0.0366. The normalized spacial score (nSPS) is 20.6. The summed E-state index contributed by atoms with van der Waals surface area (Å²) in [7, 11) is -3.68. The molecule has 2 aromatic heterocycles. The minimum absolute atomic E-state index is 0.0659. The number of aryl methyl sites for hydroxylation is 4. The van der Waals surface area contributed by atoms with E-state index in [4.69, 9.17) is 86.8 Å². The third-order valence-electron chi connectivity index (χ3n) is 18.0. The molecule has 0 radical (unpaired) electrons. The van der Waals surface area contributed by atoms with Crippen LogP contribution in [0.1, 0.15) is 103 Å². The molecule has 0 bridgehead atoms. The number of amides is 2. The molecule has 2 N–H and O–H groups in total. The third-order valence-corrected chi connectivity index (χ3v) is 21.5. The van der Waals surface area contributed by atoms with E-state index in [-0.39, 0.29) is 57.6 Å². The summed E-state index contributed by atoms with van der Waals surface area (Å²) in [5.41, 5.74) is 7.62. The summed E-state index contributed by atoms with van der Waals surface area (Å²) >= 11 is 45.6. The Labute approximate surface area is 618 Å². The van der Waals surface area contributed by atoms with Gasteiger partial charge in [0.25, 0.3) is 12.9 Å². The first-order valence-electron chi connectivity index (χ1n) is 32.3. The number of nitrogens with one attached hydrogen (secondary N) is 2. The molecular formula is C66H85Cl9N6O13P2S2. The monoisotopic (exact) mass is 1610 g/mol. The number of rotatable bonds is 22. The number of aromatic nitrogens is 2. The molecule has 2 aliphatic heterocycles. The van der Waals surface area contributed by atoms with Crippen LogP contribution in [-0.2, 0) is 89.7 Å². The molecule has 2 saturated carbocycles. The van der Waals surface area contributed by atoms with Crippen molar-refractivity contribution in [1.82, 2.24) is 28.4 Å². The van der Waals surface area contributed by atoms with E-state index < -0.39 is 28.6 Å². The summed E-state index contributed by atoms with van der Waals surface area (Å²) < 4.78 is 90.2. The fraction of sp³-hybridized carbons (Fsp3) is 0.515. The zero-order chi connectivity index (χ0) is 71.9. The number of halogens is 9. The first-order chi connectivity index (χ1) is 46.0. The number of hydrogen-bond donors (Lipinski definition) is 2. The van der Waals surface area contributed by atoms with Crippen LogP contribution in [0, 0.1) is 23.7 Å². The SMILES string of the molecule is CC(C)[C@H]1COCCN1C(=O)C1CCC(NS(=O)(=O)c2ccc3c(Cl)c(-c4ccc(CCCOC=O)cc4)n(C)c3c2)CC1.CC(C)[C@H]1COCCN1C(=O)C1CCC(NS(=O)(=O)c2ccc3cc(-c4ccc(CCCOC=O)cc4)n(C)c3c2)CC1.ClP(Cl)(Cl)(Cl)Cl.O=P(Cl)(Cl)Cl.